The number of halogens is 3. The molecule has 216 valence electrons. The van der Waals surface area contributed by atoms with Gasteiger partial charge < -0.3 is 35.7 Å². The number of anilines is 2. The van der Waals surface area contributed by atoms with E-state index in [4.69, 9.17) is 30.4 Å². The minimum Gasteiger partial charge on any atom is -0.494 e. The van der Waals surface area contributed by atoms with Crippen LogP contribution in [0.4, 0.5) is 11.4 Å². The highest BCUT2D eigenvalue weighted by molar-refractivity contribution is 5.86. The van der Waals surface area contributed by atoms with Crippen molar-refractivity contribution in [1.29, 1.82) is 0 Å². The van der Waals surface area contributed by atoms with Crippen LogP contribution in [0.15, 0.2) is 72.8 Å². The van der Waals surface area contributed by atoms with Gasteiger partial charge in [-0.2, -0.15) is 0 Å². The fourth-order valence-electron chi connectivity index (χ4n) is 4.31. The Morgan fingerprint density at radius 2 is 1.46 bits per heavy atom. The number of benzene rings is 3. The van der Waals surface area contributed by atoms with Crippen LogP contribution in [0.1, 0.15) is 29.9 Å². The first-order valence-electron chi connectivity index (χ1n) is 12.6. The van der Waals surface area contributed by atoms with Gasteiger partial charge in [-0.25, -0.2) is 0 Å². The molecule has 7 nitrogen and oxygen atoms in total. The molecule has 4 rings (SSSR count). The summed E-state index contributed by atoms with van der Waals surface area (Å²) < 4.78 is 23.6. The summed E-state index contributed by atoms with van der Waals surface area (Å²) in [7, 11) is 0. The number of hydrogen-bond donors (Lipinski definition) is 3. The van der Waals surface area contributed by atoms with Crippen molar-refractivity contribution < 1.29 is 18.9 Å². The van der Waals surface area contributed by atoms with Crippen molar-refractivity contribution in [1.82, 2.24) is 5.32 Å². The SMILES string of the molecule is Cl.Cl.Cl.Nc1ccc(OCCOC2CNCCC2c2ccc(OCCCOCc3ccccc3)cc2)cc1N. The molecule has 39 heavy (non-hydrogen) atoms. The van der Waals surface area contributed by atoms with Crippen molar-refractivity contribution in [3.8, 4) is 11.5 Å². The number of nitrogens with one attached hydrogen (secondary N) is 1. The molecule has 3 aromatic carbocycles. The van der Waals surface area contributed by atoms with E-state index in [9.17, 15) is 0 Å². The van der Waals surface area contributed by atoms with Crippen molar-refractivity contribution in [3.05, 3.63) is 83.9 Å². The van der Waals surface area contributed by atoms with Crippen LogP contribution in [0.5, 0.6) is 11.5 Å². The summed E-state index contributed by atoms with van der Waals surface area (Å²) in [5.74, 6) is 1.91. The molecule has 1 fully saturated rings. The van der Waals surface area contributed by atoms with Crippen molar-refractivity contribution in [3.63, 3.8) is 0 Å². The fourth-order valence-corrected chi connectivity index (χ4v) is 4.31. The highest BCUT2D eigenvalue weighted by Gasteiger charge is 2.27. The average Bonchev–Trinajstić information content (AvgIpc) is 2.92. The summed E-state index contributed by atoms with van der Waals surface area (Å²) in [5, 5.41) is 3.44. The molecular weight excluding hydrogens is 561 g/mol. The number of hydrogen-bond acceptors (Lipinski definition) is 7. The molecule has 0 amide bonds. The lowest BCUT2D eigenvalue weighted by atomic mass is 9.88. The molecule has 1 heterocycles. The Kier molecular flexibility index (Phi) is 16.7. The summed E-state index contributed by atoms with van der Waals surface area (Å²) in [6.07, 6.45) is 1.97. The first-order chi connectivity index (χ1) is 17.7. The number of nitrogens with two attached hydrogens (primary N) is 2. The Balaban J connectivity index is 0.00000253. The number of piperidine rings is 1. The van der Waals surface area contributed by atoms with E-state index in [-0.39, 0.29) is 43.3 Å². The highest BCUT2D eigenvalue weighted by atomic mass is 35.5. The van der Waals surface area contributed by atoms with Crippen molar-refractivity contribution in [2.75, 3.05) is 51.0 Å². The van der Waals surface area contributed by atoms with E-state index in [1.165, 1.54) is 11.1 Å². The zero-order valence-electron chi connectivity index (χ0n) is 22.0. The molecule has 3 aromatic rings. The minimum absolute atomic E-state index is 0. The van der Waals surface area contributed by atoms with E-state index < -0.39 is 0 Å². The first-order valence-corrected chi connectivity index (χ1v) is 12.6. The van der Waals surface area contributed by atoms with Crippen LogP contribution in [-0.2, 0) is 16.1 Å². The van der Waals surface area contributed by atoms with E-state index in [1.807, 2.05) is 36.4 Å². The molecule has 2 atom stereocenters. The van der Waals surface area contributed by atoms with Gasteiger partial charge in [-0.05, 0) is 48.4 Å². The zero-order valence-corrected chi connectivity index (χ0v) is 24.4. The third-order valence-corrected chi connectivity index (χ3v) is 6.29. The highest BCUT2D eigenvalue weighted by Crippen LogP contribution is 2.29. The molecule has 0 spiro atoms. The molecule has 0 radical (unpaired) electrons. The van der Waals surface area contributed by atoms with Gasteiger partial charge in [-0.15, -0.1) is 37.2 Å². The molecular formula is C29H40Cl3N3O4. The van der Waals surface area contributed by atoms with Crippen LogP contribution in [-0.4, -0.2) is 45.6 Å². The number of nitrogen functional groups attached to an aromatic ring is 2. The van der Waals surface area contributed by atoms with Crippen LogP contribution < -0.4 is 26.3 Å². The summed E-state index contributed by atoms with van der Waals surface area (Å²) in [6, 6.07) is 23.9. The van der Waals surface area contributed by atoms with E-state index in [0.717, 1.165) is 31.7 Å². The van der Waals surface area contributed by atoms with Crippen molar-refractivity contribution in [2.45, 2.75) is 31.5 Å². The third-order valence-electron chi connectivity index (χ3n) is 6.29. The van der Waals surface area contributed by atoms with Crippen molar-refractivity contribution in [2.24, 2.45) is 0 Å². The molecule has 0 aliphatic carbocycles. The Morgan fingerprint density at radius 1 is 0.744 bits per heavy atom. The van der Waals surface area contributed by atoms with Crippen LogP contribution in [0.25, 0.3) is 0 Å². The quantitative estimate of drug-likeness (QED) is 0.172. The largest absolute Gasteiger partial charge is 0.494 e. The van der Waals surface area contributed by atoms with Gasteiger partial charge in [0, 0.05) is 24.9 Å². The Bertz CT molecular complexity index is 1060. The second kappa shape index (κ2) is 18.8. The second-order valence-corrected chi connectivity index (χ2v) is 8.96. The van der Waals surface area contributed by atoms with Gasteiger partial charge >= 0.3 is 0 Å². The zero-order chi connectivity index (χ0) is 25.0. The number of rotatable bonds is 13. The molecule has 0 aromatic heterocycles. The summed E-state index contributed by atoms with van der Waals surface area (Å²) in [6.45, 7) is 4.70. The molecule has 2 unspecified atom stereocenters. The topological polar surface area (TPSA) is 101 Å². The van der Waals surface area contributed by atoms with Gasteiger partial charge in [0.15, 0.2) is 0 Å². The summed E-state index contributed by atoms with van der Waals surface area (Å²) in [5.41, 5.74) is 15.1. The average molecular weight is 601 g/mol. The normalized spacial score (nSPS) is 16.2. The second-order valence-electron chi connectivity index (χ2n) is 8.96. The Labute approximate surface area is 250 Å². The number of ether oxygens (including phenoxy) is 4. The van der Waals surface area contributed by atoms with E-state index in [0.29, 0.717) is 56.1 Å². The van der Waals surface area contributed by atoms with Gasteiger partial charge in [-0.1, -0.05) is 42.5 Å². The van der Waals surface area contributed by atoms with Gasteiger partial charge in [0.25, 0.3) is 0 Å². The maximum absolute atomic E-state index is 6.20. The van der Waals surface area contributed by atoms with Crippen LogP contribution >= 0.6 is 37.2 Å². The van der Waals surface area contributed by atoms with Gasteiger partial charge in [0.2, 0.25) is 0 Å². The van der Waals surface area contributed by atoms with Crippen LogP contribution in [0.3, 0.4) is 0 Å². The van der Waals surface area contributed by atoms with Gasteiger partial charge in [0.1, 0.15) is 18.1 Å². The summed E-state index contributed by atoms with van der Waals surface area (Å²) >= 11 is 0. The molecule has 0 saturated carbocycles. The predicted octanol–water partition coefficient (Wildman–Crippen LogP) is 5.64. The minimum atomic E-state index is 0. The maximum atomic E-state index is 6.20. The maximum Gasteiger partial charge on any atom is 0.121 e. The van der Waals surface area contributed by atoms with Crippen LogP contribution in [0.2, 0.25) is 0 Å². The molecule has 1 aliphatic heterocycles. The van der Waals surface area contributed by atoms with E-state index >= 15 is 0 Å². The van der Waals surface area contributed by atoms with Gasteiger partial charge in [0.05, 0.1) is 43.9 Å². The van der Waals surface area contributed by atoms with Crippen molar-refractivity contribution >= 4 is 48.6 Å². The Morgan fingerprint density at radius 3 is 2.21 bits per heavy atom. The molecule has 5 N–H and O–H groups in total. The van der Waals surface area contributed by atoms with Gasteiger partial charge in [-0.3, -0.25) is 0 Å². The molecule has 0 bridgehead atoms. The molecule has 1 saturated heterocycles. The lowest BCUT2D eigenvalue weighted by molar-refractivity contribution is 0.00733. The lowest BCUT2D eigenvalue weighted by Crippen LogP contribution is -2.41. The van der Waals surface area contributed by atoms with E-state index in [1.54, 1.807) is 12.1 Å². The lowest BCUT2D eigenvalue weighted by Gasteiger charge is -2.32. The van der Waals surface area contributed by atoms with E-state index in [2.05, 4.69) is 29.6 Å². The summed E-state index contributed by atoms with van der Waals surface area (Å²) in [4.78, 5) is 0. The third kappa shape index (κ3) is 11.3. The smallest absolute Gasteiger partial charge is 0.121 e. The van der Waals surface area contributed by atoms with Crippen LogP contribution in [0, 0.1) is 0 Å². The monoisotopic (exact) mass is 599 g/mol. The fraction of sp³-hybridized carbons (Fsp3) is 0.379. The standard InChI is InChI=1S/C29H37N3O4.3ClH/c30-27-12-11-25(19-28(27)31)35-17-18-36-29-20-32-14-13-26(29)23-7-9-24(10-8-23)34-16-4-15-33-21-22-5-2-1-3-6-22;;;/h1-3,5-12,19,26,29,32H,4,13-18,20-21,30-31H2;3*1H. The Hall–Kier alpha value is -2.39. The first kappa shape index (κ1) is 34.6. The molecule has 10 heteroatoms. The molecule has 1 aliphatic rings. The predicted molar refractivity (Wildman–Crippen MR) is 165 cm³/mol.